The highest BCUT2D eigenvalue weighted by Crippen LogP contribution is 2.38. The van der Waals surface area contributed by atoms with Gasteiger partial charge in [0.25, 0.3) is 0 Å². The minimum atomic E-state index is -0.804. The van der Waals surface area contributed by atoms with Gasteiger partial charge in [0.05, 0.1) is 5.92 Å². The van der Waals surface area contributed by atoms with Crippen LogP contribution in [0.5, 0.6) is 0 Å². The molecule has 0 aromatic heterocycles. The first-order chi connectivity index (χ1) is 10.5. The van der Waals surface area contributed by atoms with Crippen molar-refractivity contribution in [1.29, 1.82) is 0 Å². The Kier molecular flexibility index (Phi) is 5.64. The van der Waals surface area contributed by atoms with Crippen molar-refractivity contribution in [3.8, 4) is 0 Å². The molecular formula is C19H26NO2. The van der Waals surface area contributed by atoms with Crippen molar-refractivity contribution in [3.63, 3.8) is 0 Å². The van der Waals surface area contributed by atoms with E-state index in [0.717, 1.165) is 23.7 Å². The average molecular weight is 300 g/mol. The molecule has 3 fully saturated rings. The number of nitrogens with zero attached hydrogens (tertiary/aromatic N) is 1. The molecule has 22 heavy (non-hydrogen) atoms. The summed E-state index contributed by atoms with van der Waals surface area (Å²) < 4.78 is 0. The molecule has 2 saturated heterocycles. The minimum absolute atomic E-state index is 0.404. The quantitative estimate of drug-likeness (QED) is 0.690. The fourth-order valence-corrected chi connectivity index (χ4v) is 3.69. The Hall–Kier alpha value is -1.77. The van der Waals surface area contributed by atoms with Gasteiger partial charge < -0.3 is 10.0 Å². The molecule has 1 atom stereocenters. The van der Waals surface area contributed by atoms with Crippen molar-refractivity contribution in [2.24, 2.45) is 11.8 Å². The maximum Gasteiger partial charge on any atom is 0.307 e. The summed E-state index contributed by atoms with van der Waals surface area (Å²) in [6, 6.07) is 0.516. The number of rotatable bonds is 8. The summed E-state index contributed by atoms with van der Waals surface area (Å²) in [5, 5.41) is 9.49. The second kappa shape index (κ2) is 7.48. The van der Waals surface area contributed by atoms with Gasteiger partial charge in [-0.05, 0) is 50.2 Å². The third-order valence-corrected chi connectivity index (χ3v) is 4.96. The highest BCUT2D eigenvalue weighted by molar-refractivity contribution is 5.71. The number of hydrogen-bond acceptors (Lipinski definition) is 2. The first-order valence-electron chi connectivity index (χ1n) is 8.10. The summed E-state index contributed by atoms with van der Waals surface area (Å²) in [5.74, 6) is -0.581. The largest absolute Gasteiger partial charge is 0.481 e. The molecule has 1 aliphatic carbocycles. The second-order valence-corrected chi connectivity index (χ2v) is 6.44. The highest BCUT2D eigenvalue weighted by Gasteiger charge is 2.35. The van der Waals surface area contributed by atoms with E-state index in [-0.39, 0.29) is 0 Å². The number of carboxylic acid groups (broad SMARTS) is 1. The lowest BCUT2D eigenvalue weighted by atomic mass is 9.79. The second-order valence-electron chi connectivity index (χ2n) is 6.44. The molecule has 3 nitrogen and oxygen atoms in total. The maximum absolute atomic E-state index is 11.6. The Bertz CT molecular complexity index is 484. The lowest BCUT2D eigenvalue weighted by Crippen LogP contribution is -2.47. The van der Waals surface area contributed by atoms with E-state index in [0.29, 0.717) is 18.9 Å². The molecule has 1 saturated carbocycles. The molecule has 2 heterocycles. The third-order valence-electron chi connectivity index (χ3n) is 4.96. The van der Waals surface area contributed by atoms with Gasteiger partial charge in [-0.3, -0.25) is 4.79 Å². The van der Waals surface area contributed by atoms with E-state index < -0.39 is 11.9 Å². The standard InChI is InChI=1S/C19H26NO2/c1-4-6-15(5-2)12-17(19(21)22)11-14(3)20-13-16-7-9-18(20)10-8-16/h3-6,16-18H,1-2,7-13H2,(H,21,22)/b14-3?,15-6+/t16?,17-,18?/m0/s1. The van der Waals surface area contributed by atoms with E-state index in [1.54, 1.807) is 12.2 Å². The maximum atomic E-state index is 11.6. The smallest absolute Gasteiger partial charge is 0.307 e. The van der Waals surface area contributed by atoms with Gasteiger partial charge in [-0.25, -0.2) is 0 Å². The molecule has 0 aromatic rings. The average Bonchev–Trinajstić information content (AvgIpc) is 2.54. The number of carboxylic acids is 1. The lowest BCUT2D eigenvalue weighted by molar-refractivity contribution is -0.141. The summed E-state index contributed by atoms with van der Waals surface area (Å²) >= 11 is 0. The third kappa shape index (κ3) is 3.90. The Balaban J connectivity index is 2.00. The predicted octanol–water partition coefficient (Wildman–Crippen LogP) is 3.96. The molecule has 0 amide bonds. The van der Waals surface area contributed by atoms with Gasteiger partial charge in [0.2, 0.25) is 0 Å². The fourth-order valence-electron chi connectivity index (χ4n) is 3.69. The van der Waals surface area contributed by atoms with Crippen LogP contribution in [0.15, 0.2) is 42.7 Å². The van der Waals surface area contributed by atoms with Crippen molar-refractivity contribution in [3.05, 3.63) is 49.2 Å². The molecule has 1 radical (unpaired) electrons. The first-order valence-corrected chi connectivity index (χ1v) is 8.10. The summed E-state index contributed by atoms with van der Waals surface area (Å²) in [6.07, 6.45) is 11.0. The number of carbonyl (C=O) groups is 1. The fraction of sp³-hybridized carbons (Fsp3) is 0.526. The molecule has 0 aromatic carbocycles. The highest BCUT2D eigenvalue weighted by atomic mass is 16.4. The number of aliphatic carboxylic acids is 1. The molecule has 0 unspecified atom stereocenters. The van der Waals surface area contributed by atoms with E-state index in [1.807, 2.05) is 6.08 Å². The molecule has 1 N–H and O–H groups in total. The van der Waals surface area contributed by atoms with Gasteiger partial charge >= 0.3 is 5.97 Å². The van der Waals surface area contributed by atoms with Gasteiger partial charge in [-0.1, -0.05) is 31.4 Å². The first kappa shape index (κ1) is 16.6. The Morgan fingerprint density at radius 1 is 1.27 bits per heavy atom. The molecule has 0 spiro atoms. The SMILES string of the molecule is [CH]=C(C[C@@H](C/C(C=C)=C/C=C)C(=O)O)N1CC2CCC1CC2. The van der Waals surface area contributed by atoms with Gasteiger partial charge in [0.15, 0.2) is 0 Å². The van der Waals surface area contributed by atoms with Crippen LogP contribution in [0, 0.1) is 18.4 Å². The van der Waals surface area contributed by atoms with E-state index in [2.05, 4.69) is 18.1 Å². The van der Waals surface area contributed by atoms with Crippen molar-refractivity contribution in [2.75, 3.05) is 6.54 Å². The van der Waals surface area contributed by atoms with Gasteiger partial charge in [-0.2, -0.15) is 0 Å². The zero-order valence-electron chi connectivity index (χ0n) is 13.2. The minimum Gasteiger partial charge on any atom is -0.481 e. The van der Waals surface area contributed by atoms with Crippen LogP contribution in [0.4, 0.5) is 0 Å². The van der Waals surface area contributed by atoms with Crippen LogP contribution in [-0.4, -0.2) is 28.6 Å². The molecule has 2 bridgehead atoms. The van der Waals surface area contributed by atoms with E-state index in [4.69, 9.17) is 6.58 Å². The van der Waals surface area contributed by atoms with Crippen molar-refractivity contribution < 1.29 is 9.90 Å². The van der Waals surface area contributed by atoms with Gasteiger partial charge in [0.1, 0.15) is 0 Å². The van der Waals surface area contributed by atoms with Crippen LogP contribution in [0.25, 0.3) is 0 Å². The Morgan fingerprint density at radius 2 is 1.95 bits per heavy atom. The topological polar surface area (TPSA) is 40.5 Å². The summed E-state index contributed by atoms with van der Waals surface area (Å²) in [4.78, 5) is 13.8. The zero-order valence-corrected chi connectivity index (χ0v) is 13.2. The number of piperidine rings is 2. The van der Waals surface area contributed by atoms with E-state index in [9.17, 15) is 9.90 Å². The summed E-state index contributed by atoms with van der Waals surface area (Å²) in [7, 11) is 0. The predicted molar refractivity (Wildman–Crippen MR) is 89.1 cm³/mol. The van der Waals surface area contributed by atoms with Crippen molar-refractivity contribution in [1.82, 2.24) is 4.90 Å². The van der Waals surface area contributed by atoms with Crippen LogP contribution >= 0.6 is 0 Å². The van der Waals surface area contributed by atoms with E-state index >= 15 is 0 Å². The normalized spacial score (nSPS) is 25.6. The van der Waals surface area contributed by atoms with Crippen LogP contribution in [-0.2, 0) is 4.79 Å². The number of allylic oxidation sites excluding steroid dienone is 5. The molecule has 3 heteroatoms. The van der Waals surface area contributed by atoms with Crippen molar-refractivity contribution in [2.45, 2.75) is 44.6 Å². The molecular weight excluding hydrogens is 274 g/mol. The summed E-state index contributed by atoms with van der Waals surface area (Å²) in [6.45, 7) is 14.7. The van der Waals surface area contributed by atoms with Crippen LogP contribution in [0.2, 0.25) is 0 Å². The summed E-state index contributed by atoms with van der Waals surface area (Å²) in [5.41, 5.74) is 1.62. The molecule has 2 aliphatic heterocycles. The zero-order chi connectivity index (χ0) is 16.1. The lowest BCUT2D eigenvalue weighted by Gasteiger charge is -2.47. The van der Waals surface area contributed by atoms with Crippen LogP contribution in [0.3, 0.4) is 0 Å². The Labute approximate surface area is 133 Å². The molecule has 3 rings (SSSR count). The number of hydrogen-bond donors (Lipinski definition) is 1. The molecule has 119 valence electrons. The van der Waals surface area contributed by atoms with E-state index in [1.165, 1.54) is 25.7 Å². The van der Waals surface area contributed by atoms with Crippen molar-refractivity contribution >= 4 is 5.97 Å². The monoisotopic (exact) mass is 300 g/mol. The van der Waals surface area contributed by atoms with Crippen LogP contribution in [0.1, 0.15) is 38.5 Å². The Morgan fingerprint density at radius 3 is 2.41 bits per heavy atom. The van der Waals surface area contributed by atoms with Crippen LogP contribution < -0.4 is 0 Å². The van der Waals surface area contributed by atoms with Gasteiger partial charge in [0, 0.05) is 24.7 Å². The molecule has 3 aliphatic rings. The number of fused-ring (bicyclic) bond motifs is 3. The van der Waals surface area contributed by atoms with Gasteiger partial charge in [-0.15, -0.1) is 0 Å².